The van der Waals surface area contributed by atoms with Gasteiger partial charge >= 0.3 is 6.18 Å². The highest BCUT2D eigenvalue weighted by Crippen LogP contribution is 2.50. The van der Waals surface area contributed by atoms with Gasteiger partial charge < -0.3 is 25.0 Å². The van der Waals surface area contributed by atoms with Crippen LogP contribution < -0.4 is 10.1 Å². The molecule has 0 spiro atoms. The van der Waals surface area contributed by atoms with Gasteiger partial charge in [-0.25, -0.2) is 9.97 Å². The van der Waals surface area contributed by atoms with Crippen LogP contribution in [0, 0.1) is 5.92 Å². The zero-order valence-corrected chi connectivity index (χ0v) is 18.6. The summed E-state index contributed by atoms with van der Waals surface area (Å²) in [6.45, 7) is 4.79. The average Bonchev–Trinajstić information content (AvgIpc) is 3.01. The molecule has 1 aromatic carbocycles. The molecule has 1 aliphatic heterocycles. The lowest BCUT2D eigenvalue weighted by Crippen LogP contribution is -2.33. The number of ether oxygens (including phenoxy) is 2. The first-order valence-electron chi connectivity index (χ1n) is 10.2. The molecule has 1 amide bonds. The number of methoxy groups -OCH3 is 1. The van der Waals surface area contributed by atoms with Gasteiger partial charge in [-0.3, -0.25) is 4.79 Å². The Morgan fingerprint density at radius 3 is 2.48 bits per heavy atom. The third-order valence-corrected chi connectivity index (χ3v) is 5.98. The molecule has 4 atom stereocenters. The third kappa shape index (κ3) is 4.94. The van der Waals surface area contributed by atoms with Crippen molar-refractivity contribution < 1.29 is 37.7 Å². The van der Waals surface area contributed by atoms with Gasteiger partial charge in [0.05, 0.1) is 43.0 Å². The number of rotatable bonds is 6. The predicted octanol–water partition coefficient (Wildman–Crippen LogP) is 3.07. The van der Waals surface area contributed by atoms with Crippen molar-refractivity contribution in [3.63, 3.8) is 0 Å². The van der Waals surface area contributed by atoms with Crippen molar-refractivity contribution in [3.8, 4) is 5.75 Å². The van der Waals surface area contributed by atoms with E-state index < -0.39 is 48.0 Å². The first-order chi connectivity index (χ1) is 15.4. The summed E-state index contributed by atoms with van der Waals surface area (Å²) in [7, 11) is 1.16. The minimum atomic E-state index is -4.63. The summed E-state index contributed by atoms with van der Waals surface area (Å²) in [4.78, 5) is 20.9. The molecule has 1 saturated heterocycles. The van der Waals surface area contributed by atoms with E-state index >= 15 is 0 Å². The van der Waals surface area contributed by atoms with Crippen LogP contribution in [0.25, 0.3) is 0 Å². The molecule has 1 fully saturated rings. The Hall–Kier alpha value is -2.76. The fourth-order valence-electron chi connectivity index (χ4n) is 3.99. The number of amides is 1. The highest BCUT2D eigenvalue weighted by atomic mass is 19.4. The molecule has 8 nitrogen and oxygen atoms in total. The van der Waals surface area contributed by atoms with Gasteiger partial charge in [0.2, 0.25) is 0 Å². The summed E-state index contributed by atoms with van der Waals surface area (Å²) in [5.74, 6) is -2.01. The summed E-state index contributed by atoms with van der Waals surface area (Å²) >= 11 is 0. The molecule has 2 aromatic rings. The molecule has 1 aliphatic rings. The molecule has 2 heterocycles. The Labute approximate surface area is 188 Å². The maximum Gasteiger partial charge on any atom is 0.419 e. The van der Waals surface area contributed by atoms with E-state index in [0.29, 0.717) is 0 Å². The van der Waals surface area contributed by atoms with Crippen molar-refractivity contribution >= 4 is 11.6 Å². The van der Waals surface area contributed by atoms with Crippen LogP contribution in [0.3, 0.4) is 0 Å². The van der Waals surface area contributed by atoms with Gasteiger partial charge in [-0.1, -0.05) is 19.1 Å². The number of para-hydroxylation sites is 1. The van der Waals surface area contributed by atoms with Gasteiger partial charge in [0.25, 0.3) is 5.91 Å². The fraction of sp³-hybridized carbons (Fsp3) is 0.500. The molecule has 1 aromatic heterocycles. The van der Waals surface area contributed by atoms with Crippen LogP contribution in [0.15, 0.2) is 30.6 Å². The maximum atomic E-state index is 13.6. The molecule has 11 heteroatoms. The fourth-order valence-corrected chi connectivity index (χ4v) is 3.99. The largest absolute Gasteiger partial charge is 0.496 e. The number of hydrogen-bond donors (Lipinski definition) is 3. The Kier molecular flexibility index (Phi) is 6.96. The first kappa shape index (κ1) is 24.9. The quantitative estimate of drug-likeness (QED) is 0.596. The minimum Gasteiger partial charge on any atom is -0.496 e. The zero-order valence-electron chi connectivity index (χ0n) is 18.6. The zero-order chi connectivity index (χ0) is 24.6. The van der Waals surface area contributed by atoms with Crippen LogP contribution in [0.5, 0.6) is 5.75 Å². The van der Waals surface area contributed by atoms with E-state index in [-0.39, 0.29) is 28.7 Å². The molecular weight excluding hydrogens is 443 g/mol. The standard InChI is InChI=1S/C22H26F3N3O5/c1-11-16(13-6-5-7-14(17(13)32-4)22(23,24)25)18(33-21(11,2)3)20(31)28-12-8-26-19(27-9-12)15(30)10-29/h5-9,11,15-16,18,29-30H,10H2,1-4H3,(H,28,31)/t11-,15+,16-,18+/m1/s1. The second kappa shape index (κ2) is 9.24. The Bertz CT molecular complexity index is 998. The van der Waals surface area contributed by atoms with Crippen molar-refractivity contribution in [2.45, 2.75) is 50.7 Å². The van der Waals surface area contributed by atoms with Crippen molar-refractivity contribution in [2.75, 3.05) is 19.0 Å². The third-order valence-electron chi connectivity index (χ3n) is 5.98. The van der Waals surface area contributed by atoms with E-state index in [2.05, 4.69) is 15.3 Å². The number of benzene rings is 1. The van der Waals surface area contributed by atoms with Gasteiger partial charge in [-0.2, -0.15) is 13.2 Å². The summed E-state index contributed by atoms with van der Waals surface area (Å²) in [6.07, 6.45) is -4.50. The maximum absolute atomic E-state index is 13.6. The summed E-state index contributed by atoms with van der Waals surface area (Å²) < 4.78 is 51.9. The van der Waals surface area contributed by atoms with Crippen LogP contribution >= 0.6 is 0 Å². The van der Waals surface area contributed by atoms with Crippen LogP contribution in [-0.4, -0.2) is 51.5 Å². The molecule has 0 unspecified atom stereocenters. The van der Waals surface area contributed by atoms with Crippen LogP contribution in [0.4, 0.5) is 18.9 Å². The van der Waals surface area contributed by atoms with Crippen molar-refractivity contribution in [1.82, 2.24) is 9.97 Å². The molecule has 180 valence electrons. The topological polar surface area (TPSA) is 114 Å². The Balaban J connectivity index is 1.96. The first-order valence-corrected chi connectivity index (χ1v) is 10.2. The van der Waals surface area contributed by atoms with E-state index in [1.807, 2.05) is 6.92 Å². The minimum absolute atomic E-state index is 0.0195. The van der Waals surface area contributed by atoms with Crippen molar-refractivity contribution in [2.24, 2.45) is 5.92 Å². The van der Waals surface area contributed by atoms with Gasteiger partial charge in [-0.15, -0.1) is 0 Å². The molecule has 0 aliphatic carbocycles. The smallest absolute Gasteiger partial charge is 0.419 e. The predicted molar refractivity (Wildman–Crippen MR) is 112 cm³/mol. The summed E-state index contributed by atoms with van der Waals surface area (Å²) in [5.41, 5.74) is -1.31. The molecule has 3 rings (SSSR count). The number of hydrogen-bond acceptors (Lipinski definition) is 7. The Morgan fingerprint density at radius 2 is 1.94 bits per heavy atom. The summed E-state index contributed by atoms with van der Waals surface area (Å²) in [6, 6.07) is 3.73. The molecule has 3 N–H and O–H groups in total. The highest BCUT2D eigenvalue weighted by molar-refractivity contribution is 5.95. The van der Waals surface area contributed by atoms with Crippen molar-refractivity contribution in [1.29, 1.82) is 0 Å². The number of halogens is 3. The number of nitrogens with zero attached hydrogens (tertiary/aromatic N) is 2. The number of aliphatic hydroxyl groups is 2. The van der Waals surface area contributed by atoms with Gasteiger partial charge in [0, 0.05) is 11.5 Å². The van der Waals surface area contributed by atoms with Gasteiger partial charge in [0.1, 0.15) is 18.0 Å². The number of alkyl halides is 3. The second-order valence-corrected chi connectivity index (χ2v) is 8.40. The van der Waals surface area contributed by atoms with Crippen LogP contribution in [-0.2, 0) is 15.7 Å². The number of nitrogens with one attached hydrogen (secondary N) is 1. The van der Waals surface area contributed by atoms with E-state index in [0.717, 1.165) is 13.2 Å². The number of carbonyl (C=O) groups is 1. The number of anilines is 1. The highest BCUT2D eigenvalue weighted by Gasteiger charge is 2.52. The van der Waals surface area contributed by atoms with Crippen molar-refractivity contribution in [3.05, 3.63) is 47.5 Å². The van der Waals surface area contributed by atoms with E-state index in [4.69, 9.17) is 14.6 Å². The van der Waals surface area contributed by atoms with E-state index in [9.17, 15) is 23.1 Å². The molecule has 0 radical (unpaired) electrons. The number of aliphatic hydroxyl groups excluding tert-OH is 2. The molecular formula is C22H26F3N3O5. The molecule has 0 bridgehead atoms. The second-order valence-electron chi connectivity index (χ2n) is 8.40. The number of aromatic nitrogens is 2. The Morgan fingerprint density at radius 1 is 1.30 bits per heavy atom. The lowest BCUT2D eigenvalue weighted by Gasteiger charge is -2.26. The monoisotopic (exact) mass is 469 g/mol. The lowest BCUT2D eigenvalue weighted by molar-refractivity contribution is -0.138. The van der Waals surface area contributed by atoms with Gasteiger partial charge in [0.15, 0.2) is 5.82 Å². The number of carbonyl (C=O) groups excluding carboxylic acids is 1. The summed E-state index contributed by atoms with van der Waals surface area (Å²) in [5, 5.41) is 21.2. The average molecular weight is 469 g/mol. The molecule has 0 saturated carbocycles. The van der Waals surface area contributed by atoms with E-state index in [1.54, 1.807) is 13.8 Å². The molecule has 33 heavy (non-hydrogen) atoms. The SMILES string of the molecule is COc1c([C@@H]2[C@@H](C(=O)Nc3cnc([C@@H](O)CO)nc3)OC(C)(C)[C@@H]2C)cccc1C(F)(F)F. The van der Waals surface area contributed by atoms with E-state index in [1.165, 1.54) is 24.5 Å². The van der Waals surface area contributed by atoms with Crippen LogP contribution in [0.2, 0.25) is 0 Å². The lowest BCUT2D eigenvalue weighted by atomic mass is 9.77. The van der Waals surface area contributed by atoms with Gasteiger partial charge in [-0.05, 0) is 25.8 Å². The van der Waals surface area contributed by atoms with Crippen LogP contribution in [0.1, 0.15) is 49.7 Å². The normalized spacial score (nSPS) is 23.2.